The lowest BCUT2D eigenvalue weighted by molar-refractivity contribution is -0.170. The first-order valence-corrected chi connectivity index (χ1v) is 12.7. The fourth-order valence-corrected chi connectivity index (χ4v) is 4.75. The number of likely N-dealkylation sites (N-methyl/N-ethyl adjacent to an activating group) is 1. The van der Waals surface area contributed by atoms with Gasteiger partial charge in [0.1, 0.15) is 29.7 Å². The van der Waals surface area contributed by atoms with Gasteiger partial charge in [-0.3, -0.25) is 0 Å². The lowest BCUT2D eigenvalue weighted by Gasteiger charge is -2.30. The van der Waals surface area contributed by atoms with E-state index in [1.54, 1.807) is 33.1 Å². The summed E-state index contributed by atoms with van der Waals surface area (Å²) in [6.07, 6.45) is 2.17. The quantitative estimate of drug-likeness (QED) is 0.372. The van der Waals surface area contributed by atoms with Gasteiger partial charge >= 0.3 is 5.92 Å². The number of nitrogens with one attached hydrogen (secondary N) is 1. The van der Waals surface area contributed by atoms with Crippen molar-refractivity contribution in [3.63, 3.8) is 0 Å². The van der Waals surface area contributed by atoms with Gasteiger partial charge in [0.15, 0.2) is 11.5 Å². The van der Waals surface area contributed by atoms with Crippen molar-refractivity contribution in [1.29, 1.82) is 0 Å². The molecule has 3 aromatic rings. The number of benzene rings is 2. The highest BCUT2D eigenvalue weighted by Crippen LogP contribution is 2.42. The van der Waals surface area contributed by atoms with E-state index >= 15 is 4.39 Å². The van der Waals surface area contributed by atoms with Gasteiger partial charge in [-0.25, -0.2) is 14.4 Å². The zero-order valence-electron chi connectivity index (χ0n) is 22.6. The van der Waals surface area contributed by atoms with E-state index in [4.69, 9.17) is 9.47 Å². The number of fused-ring (bicyclic) bond motifs is 1. The lowest BCUT2D eigenvalue weighted by atomic mass is 9.91. The molecule has 7 nitrogen and oxygen atoms in total. The highest BCUT2D eigenvalue weighted by molar-refractivity contribution is 5.92. The van der Waals surface area contributed by atoms with E-state index < -0.39 is 28.9 Å². The molecule has 1 unspecified atom stereocenters. The number of aliphatic hydroxyl groups is 1. The summed E-state index contributed by atoms with van der Waals surface area (Å²) >= 11 is 0. The fraction of sp³-hybridized carbons (Fsp3) is 0.500. The van der Waals surface area contributed by atoms with Gasteiger partial charge in [-0.1, -0.05) is 12.1 Å². The molecule has 38 heavy (non-hydrogen) atoms. The van der Waals surface area contributed by atoms with Crippen LogP contribution in [-0.4, -0.2) is 58.9 Å². The van der Waals surface area contributed by atoms with E-state index in [9.17, 15) is 13.9 Å². The summed E-state index contributed by atoms with van der Waals surface area (Å²) in [4.78, 5) is 11.3. The Kier molecular flexibility index (Phi) is 7.76. The monoisotopic (exact) mass is 532 g/mol. The molecule has 0 aliphatic carbocycles. The van der Waals surface area contributed by atoms with Crippen LogP contribution >= 0.6 is 0 Å². The molecule has 0 radical (unpaired) electrons. The van der Waals surface area contributed by atoms with Crippen LogP contribution in [0.4, 0.5) is 19.0 Å². The summed E-state index contributed by atoms with van der Waals surface area (Å²) < 4.78 is 56.7. The number of rotatable bonds is 9. The van der Waals surface area contributed by atoms with E-state index in [1.807, 2.05) is 0 Å². The van der Waals surface area contributed by atoms with Crippen LogP contribution in [0.1, 0.15) is 56.6 Å². The first-order chi connectivity index (χ1) is 17.8. The summed E-state index contributed by atoms with van der Waals surface area (Å²) in [6, 6.07) is 6.90. The van der Waals surface area contributed by atoms with E-state index in [1.165, 1.54) is 12.1 Å². The Labute approximate surface area is 221 Å². The number of aromatic nitrogens is 2. The van der Waals surface area contributed by atoms with Crippen molar-refractivity contribution in [3.05, 3.63) is 53.1 Å². The van der Waals surface area contributed by atoms with E-state index in [2.05, 4.69) is 27.2 Å². The largest absolute Gasteiger partial charge is 0.493 e. The molecule has 0 spiro atoms. The normalized spacial score (nSPS) is 17.6. The van der Waals surface area contributed by atoms with Gasteiger partial charge < -0.3 is 24.8 Å². The molecule has 2 atom stereocenters. The fourth-order valence-electron chi connectivity index (χ4n) is 4.75. The van der Waals surface area contributed by atoms with Crippen LogP contribution < -0.4 is 14.8 Å². The average Bonchev–Trinajstić information content (AvgIpc) is 3.25. The Morgan fingerprint density at radius 2 is 1.95 bits per heavy atom. The van der Waals surface area contributed by atoms with E-state index in [-0.39, 0.29) is 5.56 Å². The smallest absolute Gasteiger partial charge is 0.303 e. The molecule has 206 valence electrons. The third-order valence-corrected chi connectivity index (χ3v) is 7.15. The zero-order valence-corrected chi connectivity index (χ0v) is 22.6. The Hall–Kier alpha value is -3.11. The minimum absolute atomic E-state index is 0.0186. The van der Waals surface area contributed by atoms with Gasteiger partial charge in [0.25, 0.3) is 0 Å². The third kappa shape index (κ3) is 5.37. The van der Waals surface area contributed by atoms with E-state index in [0.29, 0.717) is 46.7 Å². The molecule has 0 saturated carbocycles. The van der Waals surface area contributed by atoms with Crippen molar-refractivity contribution in [2.45, 2.75) is 64.1 Å². The van der Waals surface area contributed by atoms with Crippen molar-refractivity contribution in [2.24, 2.45) is 0 Å². The van der Waals surface area contributed by atoms with Crippen LogP contribution in [0.2, 0.25) is 0 Å². The van der Waals surface area contributed by atoms with Gasteiger partial charge in [0.2, 0.25) is 0 Å². The molecule has 1 fully saturated rings. The maximum absolute atomic E-state index is 15.4. The SMILES string of the molecule is COc1cc2nc(C)nc(N[C@H](C)c3cccc(C(F)(F)C(C)(C)O)c3F)c2cc1OCC1CCCN1C. The number of aryl methyl sites for hydroxylation is 1. The number of alkyl halides is 2. The van der Waals surface area contributed by atoms with Crippen LogP contribution in [0.15, 0.2) is 30.3 Å². The third-order valence-electron chi connectivity index (χ3n) is 7.15. The van der Waals surface area contributed by atoms with Crippen molar-refractivity contribution < 1.29 is 27.8 Å². The van der Waals surface area contributed by atoms with Crippen molar-refractivity contribution in [1.82, 2.24) is 14.9 Å². The highest BCUT2D eigenvalue weighted by atomic mass is 19.3. The maximum Gasteiger partial charge on any atom is 0.303 e. The molecule has 0 bridgehead atoms. The minimum Gasteiger partial charge on any atom is -0.493 e. The second kappa shape index (κ2) is 10.6. The van der Waals surface area contributed by atoms with Gasteiger partial charge in [-0.15, -0.1) is 0 Å². The first kappa shape index (κ1) is 27.9. The molecule has 1 aromatic heterocycles. The summed E-state index contributed by atoms with van der Waals surface area (Å²) in [5.74, 6) is -2.94. The second-order valence-electron chi connectivity index (χ2n) is 10.4. The van der Waals surface area contributed by atoms with Crippen molar-refractivity contribution in [3.8, 4) is 11.5 Å². The van der Waals surface area contributed by atoms with Gasteiger partial charge in [0.05, 0.1) is 24.2 Å². The molecular weight excluding hydrogens is 497 g/mol. The summed E-state index contributed by atoms with van der Waals surface area (Å²) in [7, 11) is 3.63. The number of methoxy groups -OCH3 is 1. The van der Waals surface area contributed by atoms with Crippen LogP contribution in [-0.2, 0) is 5.92 Å². The maximum atomic E-state index is 15.4. The summed E-state index contributed by atoms with van der Waals surface area (Å²) in [5.41, 5.74) is -2.69. The molecule has 2 N–H and O–H groups in total. The van der Waals surface area contributed by atoms with Crippen molar-refractivity contribution in [2.75, 3.05) is 32.6 Å². The first-order valence-electron chi connectivity index (χ1n) is 12.7. The Morgan fingerprint density at radius 1 is 1.21 bits per heavy atom. The van der Waals surface area contributed by atoms with Crippen LogP contribution in [0, 0.1) is 12.7 Å². The minimum atomic E-state index is -3.79. The number of ether oxygens (including phenoxy) is 2. The van der Waals surface area contributed by atoms with Crippen molar-refractivity contribution >= 4 is 16.7 Å². The molecule has 1 aliphatic heterocycles. The molecule has 2 aromatic carbocycles. The molecule has 4 rings (SSSR count). The Bertz CT molecular complexity index is 1310. The standard InChI is InChI=1S/C28H35F3N4O3/c1-16(19-10-7-11-21(25(19)29)28(30,31)27(3,4)36)32-26-20-13-24(38-15-18-9-8-12-35(18)5)23(37-6)14-22(20)33-17(2)34-26/h7,10-11,13-14,16,18,36H,8-9,12,15H2,1-6H3,(H,32,33,34)/t16-,18?/m1/s1. The number of hydrogen-bond donors (Lipinski definition) is 2. The number of nitrogens with zero attached hydrogens (tertiary/aromatic N) is 3. The predicted octanol–water partition coefficient (Wildman–Crippen LogP) is 5.59. The molecular formula is C28H35F3N4O3. The highest BCUT2D eigenvalue weighted by Gasteiger charge is 2.49. The van der Waals surface area contributed by atoms with Gasteiger partial charge in [0, 0.05) is 23.1 Å². The lowest BCUT2D eigenvalue weighted by Crippen LogP contribution is -2.41. The number of likely N-dealkylation sites (tertiary alicyclic amines) is 1. The zero-order chi connectivity index (χ0) is 27.8. The Balaban J connectivity index is 1.69. The molecule has 0 amide bonds. The van der Waals surface area contributed by atoms with Crippen LogP contribution in [0.25, 0.3) is 10.9 Å². The Morgan fingerprint density at radius 3 is 2.58 bits per heavy atom. The van der Waals surface area contributed by atoms with Crippen LogP contribution in [0.3, 0.4) is 0 Å². The number of halogens is 3. The van der Waals surface area contributed by atoms with Crippen LogP contribution in [0.5, 0.6) is 11.5 Å². The van der Waals surface area contributed by atoms with Gasteiger partial charge in [-0.05, 0) is 66.3 Å². The topological polar surface area (TPSA) is 79.7 Å². The average molecular weight is 533 g/mol. The number of hydrogen-bond acceptors (Lipinski definition) is 7. The molecule has 1 aliphatic rings. The molecule has 2 heterocycles. The van der Waals surface area contributed by atoms with Gasteiger partial charge in [-0.2, -0.15) is 8.78 Å². The summed E-state index contributed by atoms with van der Waals surface area (Å²) in [6.45, 7) is 6.82. The second-order valence-corrected chi connectivity index (χ2v) is 10.4. The number of anilines is 1. The van der Waals surface area contributed by atoms with E-state index in [0.717, 1.165) is 39.3 Å². The summed E-state index contributed by atoms with van der Waals surface area (Å²) in [5, 5.41) is 13.7. The molecule has 1 saturated heterocycles. The predicted molar refractivity (Wildman–Crippen MR) is 141 cm³/mol. The molecule has 10 heteroatoms.